The normalized spacial score (nSPS) is 13.7. The Morgan fingerprint density at radius 1 is 1.22 bits per heavy atom. The van der Waals surface area contributed by atoms with Crippen LogP contribution in [0.5, 0.6) is 5.75 Å². The Hall–Kier alpha value is -1.94. The van der Waals surface area contributed by atoms with Crippen LogP contribution in [0, 0.1) is 11.6 Å². The molecular weight excluding hydrogens is 467 g/mol. The third-order valence-corrected chi connectivity index (χ3v) is 3.57. The van der Waals surface area contributed by atoms with Crippen LogP contribution in [-0.2, 0) is 5.60 Å². The van der Waals surface area contributed by atoms with Gasteiger partial charge in [0.2, 0.25) is 0 Å². The number of aliphatic hydroxyl groups is 1. The van der Waals surface area contributed by atoms with Crippen LogP contribution >= 0.6 is 24.0 Å². The van der Waals surface area contributed by atoms with Gasteiger partial charge in [0.1, 0.15) is 23.0 Å². The van der Waals surface area contributed by atoms with Crippen molar-refractivity contribution in [2.24, 2.45) is 10.7 Å². The molecule has 0 aliphatic heterocycles. The molecule has 5 nitrogen and oxygen atoms in total. The van der Waals surface area contributed by atoms with E-state index in [-0.39, 0.29) is 48.1 Å². The van der Waals surface area contributed by atoms with Crippen molar-refractivity contribution >= 4 is 35.6 Å². The summed E-state index contributed by atoms with van der Waals surface area (Å²) in [6, 6.07) is 10.1. The van der Waals surface area contributed by atoms with E-state index in [1.54, 1.807) is 24.3 Å². The van der Waals surface area contributed by atoms with Crippen molar-refractivity contribution in [3.8, 4) is 5.75 Å². The van der Waals surface area contributed by atoms with Crippen LogP contribution in [0.2, 0.25) is 0 Å². The molecule has 0 aromatic heterocycles. The SMILES string of the molecule is CC(C)Oc1ccc(NC(N)=NCC(C)(O)c2ccc(F)cc2F)cc1.I. The molecule has 4 N–H and O–H groups in total. The van der Waals surface area contributed by atoms with Gasteiger partial charge in [0.15, 0.2) is 5.96 Å². The molecular formula is C19H24F2IN3O2. The Labute approximate surface area is 174 Å². The predicted octanol–water partition coefficient (Wildman–Crippen LogP) is 4.00. The summed E-state index contributed by atoms with van der Waals surface area (Å²) in [5.41, 5.74) is 4.83. The lowest BCUT2D eigenvalue weighted by molar-refractivity contribution is 0.0634. The molecule has 2 aromatic carbocycles. The zero-order valence-corrected chi connectivity index (χ0v) is 17.7. The number of hydrogen-bond acceptors (Lipinski definition) is 3. The fraction of sp³-hybridized carbons (Fsp3) is 0.316. The first kappa shape index (κ1) is 23.1. The minimum atomic E-state index is -1.63. The van der Waals surface area contributed by atoms with E-state index in [0.717, 1.165) is 17.9 Å². The van der Waals surface area contributed by atoms with E-state index >= 15 is 0 Å². The van der Waals surface area contributed by atoms with Gasteiger partial charge in [-0.05, 0) is 51.1 Å². The topological polar surface area (TPSA) is 79.9 Å². The molecule has 0 saturated heterocycles. The summed E-state index contributed by atoms with van der Waals surface area (Å²) in [6.45, 7) is 5.07. The van der Waals surface area contributed by atoms with Crippen molar-refractivity contribution in [1.29, 1.82) is 0 Å². The van der Waals surface area contributed by atoms with Gasteiger partial charge in [-0.2, -0.15) is 0 Å². The van der Waals surface area contributed by atoms with E-state index in [0.29, 0.717) is 5.69 Å². The first-order valence-corrected chi connectivity index (χ1v) is 8.19. The summed E-state index contributed by atoms with van der Waals surface area (Å²) in [4.78, 5) is 4.04. The number of aliphatic imine (C=N–C) groups is 1. The molecule has 0 aliphatic rings. The highest BCUT2D eigenvalue weighted by atomic mass is 127. The zero-order valence-electron chi connectivity index (χ0n) is 15.4. The standard InChI is InChI=1S/C19H23F2N3O2.HI/c1-12(2)26-15-7-5-14(6-8-15)24-18(22)23-11-19(3,25)16-9-4-13(20)10-17(16)21;/h4-10,12,25H,11H2,1-3H3,(H3,22,23,24);1H. The highest BCUT2D eigenvalue weighted by Gasteiger charge is 2.26. The van der Waals surface area contributed by atoms with Crippen LogP contribution in [0.25, 0.3) is 0 Å². The maximum Gasteiger partial charge on any atom is 0.193 e. The molecule has 27 heavy (non-hydrogen) atoms. The highest BCUT2D eigenvalue weighted by Crippen LogP contribution is 2.24. The van der Waals surface area contributed by atoms with E-state index in [1.807, 2.05) is 13.8 Å². The van der Waals surface area contributed by atoms with Crippen LogP contribution < -0.4 is 15.8 Å². The average molecular weight is 491 g/mol. The third-order valence-electron chi connectivity index (χ3n) is 3.57. The number of ether oxygens (including phenoxy) is 1. The first-order chi connectivity index (χ1) is 12.2. The van der Waals surface area contributed by atoms with Crippen LogP contribution in [0.3, 0.4) is 0 Å². The molecule has 1 unspecified atom stereocenters. The number of nitrogens with one attached hydrogen (secondary N) is 1. The van der Waals surface area contributed by atoms with E-state index in [2.05, 4.69) is 10.3 Å². The Bertz CT molecular complexity index is 781. The summed E-state index contributed by atoms with van der Waals surface area (Å²) >= 11 is 0. The molecule has 0 amide bonds. The second-order valence-corrected chi connectivity index (χ2v) is 6.42. The minimum absolute atomic E-state index is 0. The number of benzene rings is 2. The van der Waals surface area contributed by atoms with Crippen molar-refractivity contribution in [2.75, 3.05) is 11.9 Å². The smallest absolute Gasteiger partial charge is 0.193 e. The lowest BCUT2D eigenvalue weighted by Gasteiger charge is -2.22. The van der Waals surface area contributed by atoms with Gasteiger partial charge in [-0.1, -0.05) is 6.07 Å². The van der Waals surface area contributed by atoms with Crippen molar-refractivity contribution in [2.45, 2.75) is 32.5 Å². The lowest BCUT2D eigenvalue weighted by Crippen LogP contribution is -2.30. The number of guanidine groups is 1. The maximum absolute atomic E-state index is 13.8. The van der Waals surface area contributed by atoms with Gasteiger partial charge in [-0.3, -0.25) is 0 Å². The van der Waals surface area contributed by atoms with Crippen molar-refractivity contribution in [3.63, 3.8) is 0 Å². The number of nitrogens with two attached hydrogens (primary N) is 1. The molecule has 0 fully saturated rings. The second-order valence-electron chi connectivity index (χ2n) is 6.42. The Kier molecular flexibility index (Phi) is 8.42. The third kappa shape index (κ3) is 6.94. The molecule has 0 radical (unpaired) electrons. The van der Waals surface area contributed by atoms with Gasteiger partial charge in [-0.25, -0.2) is 13.8 Å². The highest BCUT2D eigenvalue weighted by molar-refractivity contribution is 14.0. The molecule has 1 atom stereocenters. The molecule has 0 spiro atoms. The molecule has 0 bridgehead atoms. The summed E-state index contributed by atoms with van der Waals surface area (Å²) in [5, 5.41) is 13.3. The molecule has 0 saturated carbocycles. The van der Waals surface area contributed by atoms with Crippen molar-refractivity contribution < 1.29 is 18.6 Å². The average Bonchev–Trinajstić information content (AvgIpc) is 2.54. The van der Waals surface area contributed by atoms with Gasteiger partial charge < -0.3 is 20.9 Å². The second kappa shape index (κ2) is 9.84. The largest absolute Gasteiger partial charge is 0.491 e. The lowest BCUT2D eigenvalue weighted by atomic mass is 9.95. The zero-order chi connectivity index (χ0) is 19.3. The van der Waals surface area contributed by atoms with E-state index in [9.17, 15) is 13.9 Å². The number of nitrogens with zero attached hydrogens (tertiary/aromatic N) is 1. The van der Waals surface area contributed by atoms with Crippen LogP contribution in [0.4, 0.5) is 14.5 Å². The van der Waals surface area contributed by atoms with E-state index < -0.39 is 17.2 Å². The molecule has 148 valence electrons. The van der Waals surface area contributed by atoms with Crippen molar-refractivity contribution in [1.82, 2.24) is 0 Å². The molecule has 2 rings (SSSR count). The fourth-order valence-corrected chi connectivity index (χ4v) is 2.33. The molecule has 0 heterocycles. The predicted molar refractivity (Wildman–Crippen MR) is 114 cm³/mol. The number of rotatable bonds is 6. The molecule has 0 aliphatic carbocycles. The van der Waals surface area contributed by atoms with Gasteiger partial charge in [0.05, 0.1) is 12.6 Å². The number of halogens is 3. The first-order valence-electron chi connectivity index (χ1n) is 8.19. The summed E-state index contributed by atoms with van der Waals surface area (Å²) in [7, 11) is 0. The van der Waals surface area contributed by atoms with E-state index in [4.69, 9.17) is 10.5 Å². The van der Waals surface area contributed by atoms with Crippen molar-refractivity contribution in [3.05, 3.63) is 59.7 Å². The molecule has 8 heteroatoms. The quantitative estimate of drug-likeness (QED) is 0.324. The maximum atomic E-state index is 13.8. The summed E-state index contributed by atoms with van der Waals surface area (Å²) < 4.78 is 32.4. The Morgan fingerprint density at radius 3 is 2.41 bits per heavy atom. The van der Waals surface area contributed by atoms with Crippen LogP contribution in [-0.4, -0.2) is 23.7 Å². The fourth-order valence-electron chi connectivity index (χ4n) is 2.33. The van der Waals surface area contributed by atoms with Crippen LogP contribution in [0.15, 0.2) is 47.5 Å². The summed E-state index contributed by atoms with van der Waals surface area (Å²) in [6.07, 6.45) is 0.0783. The van der Waals surface area contributed by atoms with Gasteiger partial charge in [-0.15, -0.1) is 24.0 Å². The van der Waals surface area contributed by atoms with Gasteiger partial charge in [0.25, 0.3) is 0 Å². The van der Waals surface area contributed by atoms with Crippen LogP contribution in [0.1, 0.15) is 26.3 Å². The number of anilines is 1. The van der Waals surface area contributed by atoms with E-state index in [1.165, 1.54) is 13.0 Å². The Balaban J connectivity index is 0.00000364. The Morgan fingerprint density at radius 2 is 1.85 bits per heavy atom. The molecule has 2 aromatic rings. The van der Waals surface area contributed by atoms with Gasteiger partial charge in [0, 0.05) is 17.3 Å². The van der Waals surface area contributed by atoms with Gasteiger partial charge >= 0.3 is 0 Å². The monoisotopic (exact) mass is 491 g/mol. The summed E-state index contributed by atoms with van der Waals surface area (Å²) in [5.74, 6) is -0.754. The number of hydrogen-bond donors (Lipinski definition) is 3. The minimum Gasteiger partial charge on any atom is -0.491 e.